The van der Waals surface area contributed by atoms with Gasteiger partial charge in [0.05, 0.1) is 5.69 Å². The number of aromatic nitrogens is 3. The van der Waals surface area contributed by atoms with Crippen LogP contribution in [0.1, 0.15) is 21.7 Å². The van der Waals surface area contributed by atoms with Crippen molar-refractivity contribution in [1.82, 2.24) is 14.8 Å². The Hall–Kier alpha value is -3.44. The molecule has 0 spiro atoms. The van der Waals surface area contributed by atoms with E-state index in [1.54, 1.807) is 16.8 Å². The molecule has 0 aliphatic carbocycles. The Labute approximate surface area is 174 Å². The highest BCUT2D eigenvalue weighted by Crippen LogP contribution is 2.23. The molecule has 4 aromatic rings. The largest absolute Gasteiger partial charge is 0.319 e. The lowest BCUT2D eigenvalue weighted by Crippen LogP contribution is -2.15. The first-order chi connectivity index (χ1) is 14.0. The van der Waals surface area contributed by atoms with Crippen LogP contribution in [0.2, 0.25) is 5.02 Å². The van der Waals surface area contributed by atoms with E-state index in [1.807, 2.05) is 74.5 Å². The van der Waals surface area contributed by atoms with Crippen LogP contribution in [-0.2, 0) is 0 Å². The number of hydrogen-bond donors (Lipinski definition) is 1. The number of aryl methyl sites for hydroxylation is 2. The summed E-state index contributed by atoms with van der Waals surface area (Å²) in [5.41, 5.74) is 4.39. The van der Waals surface area contributed by atoms with Crippen LogP contribution in [0.5, 0.6) is 0 Å². The minimum Gasteiger partial charge on any atom is -0.319 e. The van der Waals surface area contributed by atoms with Gasteiger partial charge in [-0.2, -0.15) is 0 Å². The first-order valence-corrected chi connectivity index (χ1v) is 9.56. The number of anilines is 1. The Morgan fingerprint density at radius 1 is 0.966 bits per heavy atom. The molecule has 0 radical (unpaired) electrons. The third-order valence-corrected chi connectivity index (χ3v) is 4.80. The van der Waals surface area contributed by atoms with Crippen LogP contribution >= 0.6 is 11.6 Å². The fourth-order valence-electron chi connectivity index (χ4n) is 2.96. The van der Waals surface area contributed by atoms with Crippen LogP contribution in [0.25, 0.3) is 17.1 Å². The summed E-state index contributed by atoms with van der Waals surface area (Å²) in [5.74, 6) is 0.296. The van der Waals surface area contributed by atoms with E-state index in [2.05, 4.69) is 15.4 Å². The third-order valence-electron chi connectivity index (χ3n) is 4.57. The molecule has 0 bridgehead atoms. The smallest absolute Gasteiger partial charge is 0.295 e. The lowest BCUT2D eigenvalue weighted by molar-refractivity contribution is 0.101. The van der Waals surface area contributed by atoms with Crippen molar-refractivity contribution in [3.63, 3.8) is 0 Å². The standard InChI is InChI=1S/C23H19ClN4O/c1-15-8-12-19(13-9-15)28-22(17-6-4-3-5-7-17)26-21(27-28)23(29)25-20-14-18(24)11-10-16(20)2/h3-14H,1-2H3,(H,25,29). The number of hydrogen-bond acceptors (Lipinski definition) is 3. The lowest BCUT2D eigenvalue weighted by atomic mass is 10.2. The molecule has 1 aromatic heterocycles. The number of benzene rings is 3. The van der Waals surface area contributed by atoms with E-state index in [1.165, 1.54) is 0 Å². The first-order valence-electron chi connectivity index (χ1n) is 9.18. The molecule has 6 heteroatoms. The topological polar surface area (TPSA) is 59.8 Å². The second-order valence-corrected chi connectivity index (χ2v) is 7.22. The van der Waals surface area contributed by atoms with Crippen molar-refractivity contribution in [3.8, 4) is 17.1 Å². The number of nitrogens with zero attached hydrogens (tertiary/aromatic N) is 3. The molecular formula is C23H19ClN4O. The van der Waals surface area contributed by atoms with Crippen molar-refractivity contribution in [2.75, 3.05) is 5.32 Å². The van der Waals surface area contributed by atoms with Crippen LogP contribution in [0, 0.1) is 13.8 Å². The van der Waals surface area contributed by atoms with Gasteiger partial charge in [0.1, 0.15) is 0 Å². The molecule has 0 unspecified atom stereocenters. The zero-order chi connectivity index (χ0) is 20.4. The molecule has 5 nitrogen and oxygen atoms in total. The van der Waals surface area contributed by atoms with E-state index < -0.39 is 5.91 Å². The Morgan fingerprint density at radius 3 is 2.41 bits per heavy atom. The van der Waals surface area contributed by atoms with Crippen LogP contribution in [-0.4, -0.2) is 20.7 Å². The summed E-state index contributed by atoms with van der Waals surface area (Å²) in [6.07, 6.45) is 0. The Bertz CT molecular complexity index is 1170. The van der Waals surface area contributed by atoms with Crippen LogP contribution in [0.3, 0.4) is 0 Å². The molecule has 3 aromatic carbocycles. The molecule has 0 aliphatic heterocycles. The minimum absolute atomic E-state index is 0.0869. The molecule has 1 heterocycles. The van der Waals surface area contributed by atoms with E-state index in [9.17, 15) is 4.79 Å². The summed E-state index contributed by atoms with van der Waals surface area (Å²) >= 11 is 6.06. The summed E-state index contributed by atoms with van der Waals surface area (Å²) in [7, 11) is 0. The van der Waals surface area contributed by atoms with E-state index in [0.29, 0.717) is 16.5 Å². The van der Waals surface area contributed by atoms with Crippen molar-refractivity contribution in [1.29, 1.82) is 0 Å². The summed E-state index contributed by atoms with van der Waals surface area (Å²) in [6, 6.07) is 22.9. The number of carbonyl (C=O) groups is 1. The average molecular weight is 403 g/mol. The highest BCUT2D eigenvalue weighted by molar-refractivity contribution is 6.31. The van der Waals surface area contributed by atoms with Gasteiger partial charge in [0.25, 0.3) is 5.91 Å². The van der Waals surface area contributed by atoms with E-state index in [-0.39, 0.29) is 5.82 Å². The van der Waals surface area contributed by atoms with E-state index in [4.69, 9.17) is 11.6 Å². The molecule has 0 saturated carbocycles. The van der Waals surface area contributed by atoms with Gasteiger partial charge in [0.2, 0.25) is 5.82 Å². The number of rotatable bonds is 4. The van der Waals surface area contributed by atoms with Crippen LogP contribution in [0.15, 0.2) is 72.8 Å². The maximum absolute atomic E-state index is 12.9. The third kappa shape index (κ3) is 4.05. The maximum Gasteiger partial charge on any atom is 0.295 e. The zero-order valence-corrected chi connectivity index (χ0v) is 16.8. The molecule has 1 amide bonds. The van der Waals surface area contributed by atoms with Crippen molar-refractivity contribution < 1.29 is 4.79 Å². The molecular weight excluding hydrogens is 384 g/mol. The van der Waals surface area contributed by atoms with Gasteiger partial charge < -0.3 is 5.32 Å². The molecule has 144 valence electrons. The van der Waals surface area contributed by atoms with Crippen molar-refractivity contribution in [2.45, 2.75) is 13.8 Å². The number of nitrogens with one attached hydrogen (secondary N) is 1. The van der Waals surface area contributed by atoms with Crippen molar-refractivity contribution in [2.24, 2.45) is 0 Å². The Kier molecular flexibility index (Phi) is 5.14. The molecule has 29 heavy (non-hydrogen) atoms. The fraction of sp³-hybridized carbons (Fsp3) is 0.0870. The molecule has 0 saturated heterocycles. The lowest BCUT2D eigenvalue weighted by Gasteiger charge is -2.07. The fourth-order valence-corrected chi connectivity index (χ4v) is 3.13. The monoisotopic (exact) mass is 402 g/mol. The average Bonchev–Trinajstić information content (AvgIpc) is 3.17. The highest BCUT2D eigenvalue weighted by atomic mass is 35.5. The van der Waals surface area contributed by atoms with Gasteiger partial charge in [-0.25, -0.2) is 9.67 Å². The normalized spacial score (nSPS) is 10.7. The van der Waals surface area contributed by atoms with Gasteiger partial charge in [-0.15, -0.1) is 5.10 Å². The quantitative estimate of drug-likeness (QED) is 0.493. The number of carbonyl (C=O) groups excluding carboxylic acids is 1. The molecule has 4 rings (SSSR count). The second-order valence-electron chi connectivity index (χ2n) is 6.79. The van der Waals surface area contributed by atoms with Gasteiger partial charge in [0.15, 0.2) is 5.82 Å². The summed E-state index contributed by atoms with van der Waals surface area (Å²) in [6.45, 7) is 3.93. The van der Waals surface area contributed by atoms with Crippen molar-refractivity contribution >= 4 is 23.2 Å². The number of amides is 1. The summed E-state index contributed by atoms with van der Waals surface area (Å²) in [5, 5.41) is 7.90. The van der Waals surface area contributed by atoms with Gasteiger partial charge in [-0.05, 0) is 43.7 Å². The number of halogens is 1. The Morgan fingerprint density at radius 2 is 1.69 bits per heavy atom. The predicted molar refractivity (Wildman–Crippen MR) is 116 cm³/mol. The van der Waals surface area contributed by atoms with Gasteiger partial charge in [0, 0.05) is 16.3 Å². The van der Waals surface area contributed by atoms with Gasteiger partial charge >= 0.3 is 0 Å². The zero-order valence-electron chi connectivity index (χ0n) is 16.1. The van der Waals surface area contributed by atoms with Crippen LogP contribution in [0.4, 0.5) is 5.69 Å². The van der Waals surface area contributed by atoms with Gasteiger partial charge in [-0.3, -0.25) is 4.79 Å². The SMILES string of the molecule is Cc1ccc(-n2nc(C(=O)Nc3cc(Cl)ccc3C)nc2-c2ccccc2)cc1. The second kappa shape index (κ2) is 7.89. The summed E-state index contributed by atoms with van der Waals surface area (Å²) < 4.78 is 1.69. The summed E-state index contributed by atoms with van der Waals surface area (Å²) in [4.78, 5) is 17.4. The molecule has 1 N–H and O–H groups in total. The predicted octanol–water partition coefficient (Wildman–Crippen LogP) is 5.46. The van der Waals surface area contributed by atoms with Crippen LogP contribution < -0.4 is 5.32 Å². The van der Waals surface area contributed by atoms with Crippen molar-refractivity contribution in [3.05, 3.63) is 94.8 Å². The maximum atomic E-state index is 12.9. The van der Waals surface area contributed by atoms with E-state index in [0.717, 1.165) is 22.4 Å². The van der Waals surface area contributed by atoms with E-state index >= 15 is 0 Å². The minimum atomic E-state index is -0.390. The highest BCUT2D eigenvalue weighted by Gasteiger charge is 2.19. The molecule has 0 fully saturated rings. The molecule has 0 atom stereocenters. The first kappa shape index (κ1) is 18.9. The molecule has 0 aliphatic rings. The Balaban J connectivity index is 1.75. The van der Waals surface area contributed by atoms with Gasteiger partial charge in [-0.1, -0.05) is 65.7 Å².